The fourth-order valence-electron chi connectivity index (χ4n) is 2.03. The summed E-state index contributed by atoms with van der Waals surface area (Å²) in [6.07, 6.45) is 0.229. The third kappa shape index (κ3) is 3.19. The van der Waals surface area contributed by atoms with Gasteiger partial charge >= 0.3 is 0 Å². The highest BCUT2D eigenvalue weighted by Crippen LogP contribution is 2.26. The first-order chi connectivity index (χ1) is 8.90. The third-order valence-electron chi connectivity index (χ3n) is 3.07. The van der Waals surface area contributed by atoms with Crippen LogP contribution in [0.3, 0.4) is 0 Å². The molecule has 0 saturated carbocycles. The van der Waals surface area contributed by atoms with Gasteiger partial charge in [0.2, 0.25) is 0 Å². The summed E-state index contributed by atoms with van der Waals surface area (Å²) in [7, 11) is 0. The molecular weight excluding hydrogens is 312 g/mol. The second-order valence-corrected chi connectivity index (χ2v) is 5.73. The standard InChI is InChI=1S/C15H14BrF2N/c1-15(19,11-5-3-6-12(16)8-11)9-10-4-2-7-13(17)14(10)18/h2-8H,9,19H2,1H3. The van der Waals surface area contributed by atoms with Crippen LogP contribution in [0.2, 0.25) is 0 Å². The van der Waals surface area contributed by atoms with Crippen LogP contribution in [0.15, 0.2) is 46.9 Å². The predicted molar refractivity (Wildman–Crippen MR) is 75.7 cm³/mol. The van der Waals surface area contributed by atoms with Gasteiger partial charge < -0.3 is 5.73 Å². The lowest BCUT2D eigenvalue weighted by atomic mass is 9.86. The quantitative estimate of drug-likeness (QED) is 0.901. The van der Waals surface area contributed by atoms with Gasteiger partial charge in [-0.05, 0) is 42.7 Å². The van der Waals surface area contributed by atoms with Gasteiger partial charge in [0.05, 0.1) is 0 Å². The normalized spacial score (nSPS) is 14.2. The SMILES string of the molecule is CC(N)(Cc1cccc(F)c1F)c1cccc(Br)c1. The van der Waals surface area contributed by atoms with E-state index >= 15 is 0 Å². The molecule has 0 aliphatic rings. The zero-order chi connectivity index (χ0) is 14.0. The summed E-state index contributed by atoms with van der Waals surface area (Å²) < 4.78 is 27.8. The van der Waals surface area contributed by atoms with Crippen molar-refractivity contribution >= 4 is 15.9 Å². The predicted octanol–water partition coefficient (Wildman–Crippen LogP) is 4.14. The first-order valence-corrected chi connectivity index (χ1v) is 6.67. The first-order valence-electron chi connectivity index (χ1n) is 5.88. The van der Waals surface area contributed by atoms with E-state index in [0.717, 1.165) is 16.1 Å². The highest BCUT2D eigenvalue weighted by atomic mass is 79.9. The van der Waals surface area contributed by atoms with E-state index in [2.05, 4.69) is 15.9 Å². The summed E-state index contributed by atoms with van der Waals surface area (Å²) in [4.78, 5) is 0. The molecule has 2 aromatic carbocycles. The molecule has 0 aromatic heterocycles. The molecule has 0 heterocycles. The van der Waals surface area contributed by atoms with E-state index in [9.17, 15) is 8.78 Å². The van der Waals surface area contributed by atoms with E-state index < -0.39 is 17.2 Å². The molecule has 1 atom stereocenters. The number of halogens is 3. The van der Waals surface area contributed by atoms with Gasteiger partial charge in [-0.15, -0.1) is 0 Å². The Morgan fingerprint density at radius 3 is 2.53 bits per heavy atom. The van der Waals surface area contributed by atoms with E-state index in [-0.39, 0.29) is 12.0 Å². The van der Waals surface area contributed by atoms with Crippen LogP contribution < -0.4 is 5.73 Å². The summed E-state index contributed by atoms with van der Waals surface area (Å²) >= 11 is 3.38. The van der Waals surface area contributed by atoms with Crippen LogP contribution in [0.4, 0.5) is 8.78 Å². The highest BCUT2D eigenvalue weighted by molar-refractivity contribution is 9.10. The van der Waals surface area contributed by atoms with Crippen molar-refractivity contribution in [2.24, 2.45) is 5.73 Å². The van der Waals surface area contributed by atoms with Crippen molar-refractivity contribution in [1.82, 2.24) is 0 Å². The lowest BCUT2D eigenvalue weighted by Crippen LogP contribution is -2.35. The van der Waals surface area contributed by atoms with E-state index in [1.54, 1.807) is 13.0 Å². The number of hydrogen-bond acceptors (Lipinski definition) is 1. The highest BCUT2D eigenvalue weighted by Gasteiger charge is 2.24. The third-order valence-corrected chi connectivity index (χ3v) is 3.57. The van der Waals surface area contributed by atoms with Crippen molar-refractivity contribution in [3.05, 3.63) is 69.7 Å². The van der Waals surface area contributed by atoms with Crippen LogP contribution in [0.5, 0.6) is 0 Å². The molecule has 2 rings (SSSR count). The lowest BCUT2D eigenvalue weighted by Gasteiger charge is -2.26. The van der Waals surface area contributed by atoms with Crippen molar-refractivity contribution in [2.45, 2.75) is 18.9 Å². The molecule has 0 radical (unpaired) electrons. The molecule has 100 valence electrons. The van der Waals surface area contributed by atoms with Gasteiger partial charge in [0, 0.05) is 10.0 Å². The molecule has 0 bridgehead atoms. The van der Waals surface area contributed by atoms with Crippen LogP contribution in [-0.4, -0.2) is 0 Å². The zero-order valence-corrected chi connectivity index (χ0v) is 12.0. The maximum atomic E-state index is 13.7. The molecule has 4 heteroatoms. The van der Waals surface area contributed by atoms with Gasteiger partial charge in [0.1, 0.15) is 0 Å². The van der Waals surface area contributed by atoms with Crippen LogP contribution in [-0.2, 0) is 12.0 Å². The number of hydrogen-bond donors (Lipinski definition) is 1. The van der Waals surface area contributed by atoms with Crippen molar-refractivity contribution in [1.29, 1.82) is 0 Å². The Balaban J connectivity index is 2.33. The molecule has 19 heavy (non-hydrogen) atoms. The van der Waals surface area contributed by atoms with Gasteiger partial charge in [0.25, 0.3) is 0 Å². The van der Waals surface area contributed by atoms with Gasteiger partial charge in [0.15, 0.2) is 11.6 Å². The molecule has 0 fully saturated rings. The van der Waals surface area contributed by atoms with Crippen LogP contribution >= 0.6 is 15.9 Å². The summed E-state index contributed by atoms with van der Waals surface area (Å²) in [5, 5.41) is 0. The van der Waals surface area contributed by atoms with Crippen LogP contribution in [0, 0.1) is 11.6 Å². The fourth-order valence-corrected chi connectivity index (χ4v) is 2.43. The molecule has 2 N–H and O–H groups in total. The Morgan fingerprint density at radius 1 is 1.16 bits per heavy atom. The molecule has 2 aromatic rings. The lowest BCUT2D eigenvalue weighted by molar-refractivity contribution is 0.453. The molecule has 0 saturated heterocycles. The second kappa shape index (κ2) is 5.39. The number of benzene rings is 2. The molecule has 0 aliphatic carbocycles. The fraction of sp³-hybridized carbons (Fsp3) is 0.200. The first kappa shape index (κ1) is 14.2. The van der Waals surface area contributed by atoms with Crippen molar-refractivity contribution in [3.8, 4) is 0 Å². The molecule has 0 aliphatic heterocycles. The van der Waals surface area contributed by atoms with Crippen molar-refractivity contribution < 1.29 is 8.78 Å². The summed E-state index contributed by atoms with van der Waals surface area (Å²) in [6.45, 7) is 1.80. The largest absolute Gasteiger partial charge is 0.321 e. The Hall–Kier alpha value is -1.26. The van der Waals surface area contributed by atoms with E-state index in [4.69, 9.17) is 5.73 Å². The molecular formula is C15H14BrF2N. The van der Waals surface area contributed by atoms with E-state index in [1.165, 1.54) is 6.07 Å². The number of nitrogens with two attached hydrogens (primary N) is 1. The van der Waals surface area contributed by atoms with Crippen LogP contribution in [0.1, 0.15) is 18.1 Å². The summed E-state index contributed by atoms with van der Waals surface area (Å²) in [5.41, 5.74) is 6.63. The maximum absolute atomic E-state index is 13.7. The second-order valence-electron chi connectivity index (χ2n) is 4.82. The topological polar surface area (TPSA) is 26.0 Å². The van der Waals surface area contributed by atoms with Gasteiger partial charge in [-0.2, -0.15) is 0 Å². The minimum atomic E-state index is -0.845. The smallest absolute Gasteiger partial charge is 0.162 e. The average Bonchev–Trinajstić information content (AvgIpc) is 2.35. The van der Waals surface area contributed by atoms with Crippen molar-refractivity contribution in [2.75, 3.05) is 0 Å². The van der Waals surface area contributed by atoms with E-state index in [1.807, 2.05) is 24.3 Å². The van der Waals surface area contributed by atoms with Gasteiger partial charge in [-0.3, -0.25) is 0 Å². The monoisotopic (exact) mass is 325 g/mol. The molecule has 1 nitrogen and oxygen atoms in total. The molecule has 0 amide bonds. The Bertz CT molecular complexity index is 596. The van der Waals surface area contributed by atoms with Crippen LogP contribution in [0.25, 0.3) is 0 Å². The van der Waals surface area contributed by atoms with Gasteiger partial charge in [-0.25, -0.2) is 8.78 Å². The molecule has 0 spiro atoms. The summed E-state index contributed by atoms with van der Waals surface area (Å²) in [5.74, 6) is -1.67. The average molecular weight is 326 g/mol. The Labute approximate surface area is 119 Å². The van der Waals surface area contributed by atoms with Crippen molar-refractivity contribution in [3.63, 3.8) is 0 Å². The Kier molecular flexibility index (Phi) is 4.02. The maximum Gasteiger partial charge on any atom is 0.162 e. The molecule has 1 unspecified atom stereocenters. The van der Waals surface area contributed by atoms with Gasteiger partial charge in [-0.1, -0.05) is 40.2 Å². The summed E-state index contributed by atoms with van der Waals surface area (Å²) in [6, 6.07) is 11.7. The van der Waals surface area contributed by atoms with E-state index in [0.29, 0.717) is 0 Å². The minimum Gasteiger partial charge on any atom is -0.321 e. The number of rotatable bonds is 3. The minimum absolute atomic E-state index is 0.229. The Morgan fingerprint density at radius 2 is 1.84 bits per heavy atom. The zero-order valence-electron chi connectivity index (χ0n) is 10.5.